The molecule has 5 aromatic rings. The van der Waals surface area contributed by atoms with Crippen molar-refractivity contribution in [1.82, 2.24) is 24.5 Å². The molecule has 0 bridgehead atoms. The first kappa shape index (κ1) is 43.8. The van der Waals surface area contributed by atoms with Gasteiger partial charge in [-0.2, -0.15) is 0 Å². The normalized spacial score (nSPS) is 18.8. The van der Waals surface area contributed by atoms with Crippen LogP contribution in [0.25, 0.3) is 11.0 Å². The number of carbonyl (C=O) groups excluding carboxylic acids is 2. The Morgan fingerprint density at radius 1 is 0.909 bits per heavy atom. The number of nitrogens with zero attached hydrogens (tertiary/aromatic N) is 5. The van der Waals surface area contributed by atoms with Gasteiger partial charge in [0.1, 0.15) is 22.8 Å². The predicted octanol–water partition coefficient (Wildman–Crippen LogP) is 5.46. The standard InChI is InChI=1S/C47H54N8O10S/c1-60-55(61-2)41-24-38(6-8-40(41)49-25-30-10-17-62-18-11-30)66(58,59)51-46(56)39-7-5-35(23-42(39)65-37-20-32-9-12-48-45(32)50-26-37)53-15-13-52(14-16-53)28-36-19-33-21-43-44(64-29-63-43)22-34(33)27-54(36)47(57)31-3-4-31/h5-9,12,20-24,26,30-31,36,49H,3-4,10-11,13-19,25,27-29H2,1-2H3,(H,48,50)(H,51,56). The molecule has 1 saturated carbocycles. The molecule has 1 unspecified atom stereocenters. The highest BCUT2D eigenvalue weighted by Gasteiger charge is 2.40. The van der Waals surface area contributed by atoms with Crippen LogP contribution in [0.2, 0.25) is 0 Å². The van der Waals surface area contributed by atoms with Crippen LogP contribution in [0.4, 0.5) is 17.1 Å². The van der Waals surface area contributed by atoms with Gasteiger partial charge in [-0.1, -0.05) is 0 Å². The highest BCUT2D eigenvalue weighted by atomic mass is 32.2. The summed E-state index contributed by atoms with van der Waals surface area (Å²) in [7, 11) is -1.62. The fourth-order valence-corrected chi connectivity index (χ4v) is 10.3. The summed E-state index contributed by atoms with van der Waals surface area (Å²) < 4.78 is 53.5. The summed E-state index contributed by atoms with van der Waals surface area (Å²) in [6.45, 7) is 6.39. The molecule has 2 saturated heterocycles. The Morgan fingerprint density at radius 3 is 2.44 bits per heavy atom. The molecule has 5 aliphatic rings. The molecule has 3 fully saturated rings. The van der Waals surface area contributed by atoms with E-state index in [0.717, 1.165) is 85.1 Å². The van der Waals surface area contributed by atoms with Crippen molar-refractivity contribution in [3.63, 3.8) is 0 Å². The van der Waals surface area contributed by atoms with Gasteiger partial charge in [-0.3, -0.25) is 24.2 Å². The molecular formula is C47H54N8O10S. The lowest BCUT2D eigenvalue weighted by molar-refractivity contribution is -0.136. The summed E-state index contributed by atoms with van der Waals surface area (Å²) in [6.07, 6.45) is 7.78. The van der Waals surface area contributed by atoms with Crippen LogP contribution >= 0.6 is 0 Å². The van der Waals surface area contributed by atoms with Crippen molar-refractivity contribution >= 4 is 49.9 Å². The largest absolute Gasteiger partial charge is 0.455 e. The summed E-state index contributed by atoms with van der Waals surface area (Å²) >= 11 is 0. The van der Waals surface area contributed by atoms with E-state index in [1.54, 1.807) is 36.7 Å². The Kier molecular flexibility index (Phi) is 12.4. The smallest absolute Gasteiger partial charge is 0.268 e. The topological polar surface area (TPSA) is 189 Å². The molecule has 348 valence electrons. The fourth-order valence-electron chi connectivity index (χ4n) is 9.29. The van der Waals surface area contributed by atoms with Crippen LogP contribution in [-0.4, -0.2) is 120 Å². The number of pyridine rings is 1. The lowest BCUT2D eigenvalue weighted by Crippen LogP contribution is -2.54. The van der Waals surface area contributed by atoms with Crippen molar-refractivity contribution in [3.8, 4) is 23.0 Å². The van der Waals surface area contributed by atoms with Crippen molar-refractivity contribution in [2.24, 2.45) is 11.8 Å². The van der Waals surface area contributed by atoms with Gasteiger partial charge in [-0.25, -0.2) is 18.1 Å². The van der Waals surface area contributed by atoms with E-state index in [1.165, 1.54) is 31.9 Å². The summed E-state index contributed by atoms with van der Waals surface area (Å²) in [5.74, 6) is 1.88. The Hall–Kier alpha value is -6.12. The lowest BCUT2D eigenvalue weighted by Gasteiger charge is -2.42. The van der Waals surface area contributed by atoms with Gasteiger partial charge >= 0.3 is 0 Å². The van der Waals surface area contributed by atoms with Gasteiger partial charge in [0.15, 0.2) is 11.5 Å². The number of fused-ring (bicyclic) bond motifs is 3. The maximum atomic E-state index is 14.1. The van der Waals surface area contributed by atoms with E-state index < -0.39 is 15.9 Å². The quantitative estimate of drug-likeness (QED) is 0.112. The molecule has 0 spiro atoms. The average Bonchev–Trinajstić information content (AvgIpc) is 3.91. The minimum Gasteiger partial charge on any atom is -0.455 e. The van der Waals surface area contributed by atoms with Crippen molar-refractivity contribution in [2.75, 3.05) is 88.9 Å². The molecule has 3 aromatic carbocycles. The van der Waals surface area contributed by atoms with Crippen molar-refractivity contribution in [3.05, 3.63) is 89.7 Å². The zero-order valence-corrected chi connectivity index (χ0v) is 37.8. The minimum absolute atomic E-state index is 0.0149. The average molecular weight is 923 g/mol. The first-order valence-corrected chi connectivity index (χ1v) is 24.0. The number of hydrogen-bond donors (Lipinski definition) is 3. The zero-order chi connectivity index (χ0) is 45.4. The second-order valence-electron chi connectivity index (χ2n) is 17.4. The van der Waals surface area contributed by atoms with Gasteiger partial charge in [0.2, 0.25) is 12.7 Å². The number of anilines is 3. The Morgan fingerprint density at radius 2 is 1.68 bits per heavy atom. The molecule has 1 aliphatic carbocycles. The van der Waals surface area contributed by atoms with Gasteiger partial charge in [-0.05, 0) is 104 Å². The van der Waals surface area contributed by atoms with Crippen molar-refractivity contribution in [2.45, 2.75) is 49.6 Å². The minimum atomic E-state index is -4.43. The third-order valence-electron chi connectivity index (χ3n) is 13.1. The van der Waals surface area contributed by atoms with Crippen LogP contribution in [0, 0.1) is 11.8 Å². The van der Waals surface area contributed by atoms with E-state index in [2.05, 4.69) is 40.8 Å². The van der Waals surface area contributed by atoms with E-state index >= 15 is 0 Å². The van der Waals surface area contributed by atoms with Gasteiger partial charge in [0.05, 0.1) is 36.6 Å². The molecule has 18 nitrogen and oxygen atoms in total. The maximum absolute atomic E-state index is 14.1. The monoisotopic (exact) mass is 922 g/mol. The van der Waals surface area contributed by atoms with Crippen LogP contribution in [0.5, 0.6) is 23.0 Å². The first-order chi connectivity index (χ1) is 32.1. The number of hydrogen-bond acceptors (Lipinski definition) is 15. The van der Waals surface area contributed by atoms with E-state index in [4.69, 9.17) is 28.6 Å². The summed E-state index contributed by atoms with van der Waals surface area (Å²) in [4.78, 5) is 52.6. The molecule has 19 heteroatoms. The lowest BCUT2D eigenvalue weighted by atomic mass is 9.92. The number of sulfonamides is 1. The zero-order valence-electron chi connectivity index (χ0n) is 37.0. The number of amides is 2. The van der Waals surface area contributed by atoms with Crippen LogP contribution in [-0.2, 0) is 42.2 Å². The molecule has 0 radical (unpaired) electrons. The molecule has 6 heterocycles. The van der Waals surface area contributed by atoms with Gasteiger partial charge in [-0.15, -0.1) is 5.23 Å². The number of carbonyl (C=O) groups is 2. The summed E-state index contributed by atoms with van der Waals surface area (Å²) in [5.41, 5.74) is 4.71. The number of nitrogens with one attached hydrogen (secondary N) is 3. The highest BCUT2D eigenvalue weighted by Crippen LogP contribution is 2.41. The van der Waals surface area contributed by atoms with Crippen LogP contribution in [0.3, 0.4) is 0 Å². The third-order valence-corrected chi connectivity index (χ3v) is 14.4. The van der Waals surface area contributed by atoms with Crippen LogP contribution < -0.4 is 34.4 Å². The fraction of sp³-hybridized carbons (Fsp3) is 0.426. The third kappa shape index (κ3) is 9.30. The first-order valence-electron chi connectivity index (χ1n) is 22.5. The number of aromatic amines is 1. The molecular weight excluding hydrogens is 869 g/mol. The number of piperazine rings is 1. The van der Waals surface area contributed by atoms with Gasteiger partial charge in [0.25, 0.3) is 15.9 Å². The number of rotatable bonds is 15. The molecule has 4 aliphatic heterocycles. The maximum Gasteiger partial charge on any atom is 0.268 e. The summed E-state index contributed by atoms with van der Waals surface area (Å²) in [5, 5.41) is 5.31. The molecule has 66 heavy (non-hydrogen) atoms. The molecule has 10 rings (SSSR count). The van der Waals surface area contributed by atoms with Crippen molar-refractivity contribution < 1.29 is 46.6 Å². The van der Waals surface area contributed by atoms with Crippen LogP contribution in [0.15, 0.2) is 78.0 Å². The number of benzene rings is 3. The Bertz CT molecular complexity index is 2710. The van der Waals surface area contributed by atoms with E-state index in [1.807, 2.05) is 18.2 Å². The molecule has 3 N–H and O–H groups in total. The number of ether oxygens (including phenoxy) is 4. The predicted molar refractivity (Wildman–Crippen MR) is 244 cm³/mol. The summed E-state index contributed by atoms with van der Waals surface area (Å²) in [6, 6.07) is 17.4. The van der Waals surface area contributed by atoms with Crippen molar-refractivity contribution in [1.29, 1.82) is 0 Å². The molecule has 1 atom stereocenters. The molecule has 2 amide bonds. The Balaban J connectivity index is 0.862. The SMILES string of the molecule is CON(OC)c1cc(S(=O)(=O)NC(=O)c2ccc(N3CCN(CC4Cc5cc6c(cc5CN4C(=O)C4CC4)OCO6)CC3)cc2Oc2cnc3[nH]ccc3c2)ccc1NCC1CCOCC1. The van der Waals surface area contributed by atoms with Gasteiger partial charge in [0, 0.05) is 94.3 Å². The van der Waals surface area contributed by atoms with Crippen LogP contribution in [0.1, 0.15) is 47.2 Å². The van der Waals surface area contributed by atoms with E-state index in [-0.39, 0.29) is 40.9 Å². The van der Waals surface area contributed by atoms with Gasteiger partial charge < -0.3 is 39.0 Å². The Labute approximate surface area is 383 Å². The molecule has 2 aromatic heterocycles. The number of H-pyrrole nitrogens is 1. The second kappa shape index (κ2) is 18.6. The van der Waals surface area contributed by atoms with E-state index in [9.17, 15) is 18.0 Å². The highest BCUT2D eigenvalue weighted by molar-refractivity contribution is 7.90. The second-order valence-corrected chi connectivity index (χ2v) is 19.1. The number of aromatic nitrogens is 2. The van der Waals surface area contributed by atoms with E-state index in [0.29, 0.717) is 68.1 Å².